The number of hydrogen-bond acceptors (Lipinski definition) is 1. The van der Waals surface area contributed by atoms with Crippen molar-refractivity contribution in [2.45, 2.75) is 6.61 Å². The van der Waals surface area contributed by atoms with E-state index in [4.69, 9.17) is 0 Å². The Morgan fingerprint density at radius 1 is 1.07 bits per heavy atom. The first-order valence-corrected chi connectivity index (χ1v) is 4.30. The van der Waals surface area contributed by atoms with Crippen molar-refractivity contribution in [3.05, 3.63) is 42.2 Å². The van der Waals surface area contributed by atoms with Crippen LogP contribution in [-0.4, -0.2) is 6.61 Å². The van der Waals surface area contributed by atoms with Crippen LogP contribution in [0, 0.1) is 5.82 Å². The third-order valence-electron chi connectivity index (χ3n) is 2.02. The zero-order valence-corrected chi connectivity index (χ0v) is 7.58. The lowest BCUT2D eigenvalue weighted by molar-refractivity contribution is -0.0488. The minimum atomic E-state index is -2.90. The molecule has 78 valence electrons. The fraction of sp³-hybridized carbons (Fsp3) is 0.0909. The molecule has 0 saturated carbocycles. The van der Waals surface area contributed by atoms with Crippen LogP contribution < -0.4 is 4.74 Å². The lowest BCUT2D eigenvalue weighted by Crippen LogP contribution is -2.02. The zero-order valence-electron chi connectivity index (χ0n) is 7.58. The molecule has 0 bridgehead atoms. The molecule has 0 fully saturated rings. The van der Waals surface area contributed by atoms with E-state index in [9.17, 15) is 13.2 Å². The Morgan fingerprint density at radius 2 is 1.87 bits per heavy atom. The van der Waals surface area contributed by atoms with Gasteiger partial charge in [-0.05, 0) is 23.6 Å². The van der Waals surface area contributed by atoms with Crippen molar-refractivity contribution >= 4 is 10.8 Å². The van der Waals surface area contributed by atoms with E-state index in [0.29, 0.717) is 10.8 Å². The van der Waals surface area contributed by atoms with Gasteiger partial charge in [0.15, 0.2) is 0 Å². The molecular formula is C11H7F3O. The fourth-order valence-corrected chi connectivity index (χ4v) is 1.41. The summed E-state index contributed by atoms with van der Waals surface area (Å²) >= 11 is 0. The highest BCUT2D eigenvalue weighted by Crippen LogP contribution is 2.27. The van der Waals surface area contributed by atoms with E-state index in [2.05, 4.69) is 4.74 Å². The predicted molar refractivity (Wildman–Crippen MR) is 50.5 cm³/mol. The van der Waals surface area contributed by atoms with Crippen LogP contribution in [0.2, 0.25) is 0 Å². The van der Waals surface area contributed by atoms with E-state index in [1.807, 2.05) is 0 Å². The summed E-state index contributed by atoms with van der Waals surface area (Å²) < 4.78 is 41.3. The average molecular weight is 212 g/mol. The smallest absolute Gasteiger partial charge is 0.387 e. The molecular weight excluding hydrogens is 205 g/mol. The van der Waals surface area contributed by atoms with E-state index in [-0.39, 0.29) is 5.75 Å². The predicted octanol–water partition coefficient (Wildman–Crippen LogP) is 3.58. The molecule has 0 saturated heterocycles. The van der Waals surface area contributed by atoms with Gasteiger partial charge in [0.2, 0.25) is 0 Å². The van der Waals surface area contributed by atoms with Gasteiger partial charge in [-0.3, -0.25) is 0 Å². The van der Waals surface area contributed by atoms with Crippen molar-refractivity contribution in [2.75, 3.05) is 0 Å². The first kappa shape index (κ1) is 9.83. The number of ether oxygens (including phenoxy) is 1. The summed E-state index contributed by atoms with van der Waals surface area (Å²) in [5, 5.41) is 1.01. The van der Waals surface area contributed by atoms with Crippen LogP contribution in [0.4, 0.5) is 13.2 Å². The highest BCUT2D eigenvalue weighted by atomic mass is 19.3. The molecule has 1 nitrogen and oxygen atoms in total. The number of rotatable bonds is 2. The standard InChI is InChI=1S/C11H7F3O/c12-8-5-4-7-2-1-3-10(9(7)6-8)15-11(13)14/h1-6,11H. The van der Waals surface area contributed by atoms with E-state index in [1.165, 1.54) is 24.3 Å². The number of halogens is 3. The van der Waals surface area contributed by atoms with E-state index >= 15 is 0 Å². The van der Waals surface area contributed by atoms with Gasteiger partial charge < -0.3 is 4.74 Å². The summed E-state index contributed by atoms with van der Waals surface area (Å²) in [7, 11) is 0. The molecule has 0 radical (unpaired) electrons. The molecule has 0 aliphatic carbocycles. The lowest BCUT2D eigenvalue weighted by Gasteiger charge is -2.07. The van der Waals surface area contributed by atoms with Crippen molar-refractivity contribution in [3.63, 3.8) is 0 Å². The van der Waals surface area contributed by atoms with Crippen LogP contribution in [0.25, 0.3) is 10.8 Å². The van der Waals surface area contributed by atoms with E-state index in [1.54, 1.807) is 12.1 Å². The van der Waals surface area contributed by atoms with Crippen LogP contribution in [0.3, 0.4) is 0 Å². The fourth-order valence-electron chi connectivity index (χ4n) is 1.41. The molecule has 0 unspecified atom stereocenters. The summed E-state index contributed by atoms with van der Waals surface area (Å²) in [5.74, 6) is -0.491. The first-order chi connectivity index (χ1) is 7.16. The second kappa shape index (κ2) is 3.81. The quantitative estimate of drug-likeness (QED) is 0.739. The summed E-state index contributed by atoms with van der Waals surface area (Å²) in [6.07, 6.45) is 0. The molecule has 15 heavy (non-hydrogen) atoms. The molecule has 4 heteroatoms. The van der Waals surface area contributed by atoms with Gasteiger partial charge in [0.25, 0.3) is 0 Å². The van der Waals surface area contributed by atoms with Crippen molar-refractivity contribution < 1.29 is 17.9 Å². The van der Waals surface area contributed by atoms with Crippen LogP contribution in [0.15, 0.2) is 36.4 Å². The Bertz CT molecular complexity index is 482. The van der Waals surface area contributed by atoms with Crippen molar-refractivity contribution in [1.82, 2.24) is 0 Å². The molecule has 2 aromatic rings. The maximum atomic E-state index is 12.9. The highest BCUT2D eigenvalue weighted by Gasteiger charge is 2.08. The molecule has 2 aromatic carbocycles. The third kappa shape index (κ3) is 2.03. The van der Waals surface area contributed by atoms with Gasteiger partial charge in [-0.15, -0.1) is 0 Å². The van der Waals surface area contributed by atoms with Crippen LogP contribution >= 0.6 is 0 Å². The van der Waals surface area contributed by atoms with Gasteiger partial charge in [-0.1, -0.05) is 18.2 Å². The van der Waals surface area contributed by atoms with Crippen LogP contribution in [0.1, 0.15) is 0 Å². The van der Waals surface area contributed by atoms with E-state index in [0.717, 1.165) is 0 Å². The van der Waals surface area contributed by atoms with Gasteiger partial charge >= 0.3 is 6.61 Å². The average Bonchev–Trinajstić information content (AvgIpc) is 2.18. The van der Waals surface area contributed by atoms with Gasteiger partial charge in [-0.25, -0.2) is 4.39 Å². The molecule has 0 atom stereocenters. The molecule has 0 N–H and O–H groups in total. The molecule has 0 heterocycles. The minimum absolute atomic E-state index is 0.0120. The number of alkyl halides is 2. The summed E-state index contributed by atoms with van der Waals surface area (Å²) in [4.78, 5) is 0. The normalized spacial score (nSPS) is 10.9. The van der Waals surface area contributed by atoms with Gasteiger partial charge in [-0.2, -0.15) is 8.78 Å². The maximum Gasteiger partial charge on any atom is 0.387 e. The lowest BCUT2D eigenvalue weighted by atomic mass is 10.1. The summed E-state index contributed by atoms with van der Waals surface area (Å²) in [6.45, 7) is -2.90. The highest BCUT2D eigenvalue weighted by molar-refractivity contribution is 5.88. The molecule has 0 aliphatic heterocycles. The molecule has 0 spiro atoms. The van der Waals surface area contributed by atoms with E-state index < -0.39 is 12.4 Å². The number of fused-ring (bicyclic) bond motifs is 1. The first-order valence-electron chi connectivity index (χ1n) is 4.30. The van der Waals surface area contributed by atoms with Gasteiger partial charge in [0.05, 0.1) is 0 Å². The van der Waals surface area contributed by atoms with Crippen molar-refractivity contribution in [1.29, 1.82) is 0 Å². The summed E-state index contributed by atoms with van der Waals surface area (Å²) in [5.41, 5.74) is 0. The minimum Gasteiger partial charge on any atom is -0.434 e. The second-order valence-corrected chi connectivity index (χ2v) is 3.00. The molecule has 2 rings (SSSR count). The van der Waals surface area contributed by atoms with Crippen molar-refractivity contribution in [3.8, 4) is 5.75 Å². The van der Waals surface area contributed by atoms with Crippen LogP contribution in [-0.2, 0) is 0 Å². The Kier molecular flexibility index (Phi) is 2.49. The Morgan fingerprint density at radius 3 is 2.60 bits per heavy atom. The van der Waals surface area contributed by atoms with Gasteiger partial charge in [0, 0.05) is 5.39 Å². The second-order valence-electron chi connectivity index (χ2n) is 3.00. The SMILES string of the molecule is Fc1ccc2cccc(OC(F)F)c2c1. The Balaban J connectivity index is 2.58. The monoisotopic (exact) mass is 212 g/mol. The van der Waals surface area contributed by atoms with Crippen molar-refractivity contribution in [2.24, 2.45) is 0 Å². The Hall–Kier alpha value is -1.71. The molecule has 0 aromatic heterocycles. The molecule has 0 aliphatic rings. The Labute approximate surface area is 84.1 Å². The summed E-state index contributed by atoms with van der Waals surface area (Å²) in [6, 6.07) is 8.63. The number of benzene rings is 2. The maximum absolute atomic E-state index is 12.9. The molecule has 0 amide bonds. The third-order valence-corrected chi connectivity index (χ3v) is 2.02. The van der Waals surface area contributed by atoms with Gasteiger partial charge in [0.1, 0.15) is 11.6 Å². The number of hydrogen-bond donors (Lipinski definition) is 0. The topological polar surface area (TPSA) is 9.23 Å². The van der Waals surface area contributed by atoms with Crippen LogP contribution in [0.5, 0.6) is 5.75 Å². The zero-order chi connectivity index (χ0) is 10.8. The largest absolute Gasteiger partial charge is 0.434 e.